The number of hydrogen-bond acceptors (Lipinski definition) is 6. The normalized spacial score (nSPS) is 12.8. The first-order valence-corrected chi connectivity index (χ1v) is 20.8. The Morgan fingerprint density at radius 3 is 1.44 bits per heavy atom. The molecule has 0 saturated heterocycles. The Balaban J connectivity index is 3.99. The second-order valence-corrected chi connectivity index (χ2v) is 14.1. The number of hydrogen-bond donors (Lipinski definition) is 2. The van der Waals surface area contributed by atoms with Crippen LogP contribution in [0.15, 0.2) is 36.5 Å². The van der Waals surface area contributed by atoms with Gasteiger partial charge in [0.05, 0.1) is 6.61 Å². The van der Waals surface area contributed by atoms with E-state index in [1.54, 1.807) is 0 Å². The minimum Gasteiger partial charge on any atom is -0.462 e. The highest BCUT2D eigenvalue weighted by atomic mass is 31.2. The lowest BCUT2D eigenvalue weighted by Crippen LogP contribution is -2.29. The van der Waals surface area contributed by atoms with Crippen LogP contribution in [-0.2, 0) is 28.2 Å². The SMILES string of the molecule is CCCCC/C=C/C/C=C/CCCCCCCC(=O)OC[C@H](COP(=O)(O)O)OC(=O)CCCCCCCCC/C=C/CCCCCC. The number of carbonyl (C=O) groups is 2. The maximum absolute atomic E-state index is 12.4. The maximum atomic E-state index is 12.4. The molecule has 8 nitrogen and oxygen atoms in total. The van der Waals surface area contributed by atoms with E-state index >= 15 is 0 Å². The van der Waals surface area contributed by atoms with Gasteiger partial charge >= 0.3 is 19.8 Å². The van der Waals surface area contributed by atoms with Crippen LogP contribution >= 0.6 is 7.82 Å². The van der Waals surface area contributed by atoms with Crippen LogP contribution in [0, 0.1) is 0 Å². The summed E-state index contributed by atoms with van der Waals surface area (Å²) in [5.74, 6) is -0.906. The molecule has 0 spiro atoms. The van der Waals surface area contributed by atoms with Crippen LogP contribution in [0.25, 0.3) is 0 Å². The van der Waals surface area contributed by atoms with Crippen molar-refractivity contribution in [2.45, 2.75) is 187 Å². The van der Waals surface area contributed by atoms with Gasteiger partial charge in [-0.15, -0.1) is 0 Å². The molecular weight excluding hydrogens is 627 g/mol. The Bertz CT molecular complexity index is 879. The van der Waals surface area contributed by atoms with Gasteiger partial charge in [-0.3, -0.25) is 14.1 Å². The summed E-state index contributed by atoms with van der Waals surface area (Å²) in [5, 5.41) is 0. The lowest BCUT2D eigenvalue weighted by molar-refractivity contribution is -0.161. The Morgan fingerprint density at radius 2 is 0.938 bits per heavy atom. The summed E-state index contributed by atoms with van der Waals surface area (Å²) < 4.78 is 26.3. The average molecular weight is 699 g/mol. The van der Waals surface area contributed by atoms with Crippen molar-refractivity contribution in [3.05, 3.63) is 36.5 Å². The minimum atomic E-state index is -4.75. The Labute approximate surface area is 293 Å². The van der Waals surface area contributed by atoms with Crippen molar-refractivity contribution in [1.29, 1.82) is 0 Å². The molecular formula is C39H71O8P. The first-order valence-electron chi connectivity index (χ1n) is 19.3. The largest absolute Gasteiger partial charge is 0.469 e. The van der Waals surface area contributed by atoms with Crippen molar-refractivity contribution in [2.24, 2.45) is 0 Å². The lowest BCUT2D eigenvalue weighted by atomic mass is 10.1. The van der Waals surface area contributed by atoms with Crippen LogP contribution in [0.2, 0.25) is 0 Å². The van der Waals surface area contributed by atoms with E-state index in [9.17, 15) is 14.2 Å². The number of ether oxygens (including phenoxy) is 2. The van der Waals surface area contributed by atoms with Crippen LogP contribution in [-0.4, -0.2) is 41.0 Å². The number of phosphoric ester groups is 1. The van der Waals surface area contributed by atoms with Crippen molar-refractivity contribution < 1.29 is 37.9 Å². The summed E-state index contributed by atoms with van der Waals surface area (Å²) in [7, 11) is -4.75. The third kappa shape index (κ3) is 37.1. The highest BCUT2D eigenvalue weighted by Gasteiger charge is 2.22. The predicted octanol–water partition coefficient (Wildman–Crippen LogP) is 11.4. The Kier molecular flexibility index (Phi) is 33.8. The molecule has 0 heterocycles. The van der Waals surface area contributed by atoms with Crippen molar-refractivity contribution in [1.82, 2.24) is 0 Å². The number of allylic oxidation sites excluding steroid dienone is 6. The highest BCUT2D eigenvalue weighted by molar-refractivity contribution is 7.46. The Morgan fingerprint density at radius 1 is 0.542 bits per heavy atom. The van der Waals surface area contributed by atoms with E-state index < -0.39 is 32.5 Å². The molecule has 9 heteroatoms. The molecule has 0 aromatic heterocycles. The van der Waals surface area contributed by atoms with Crippen molar-refractivity contribution in [3.8, 4) is 0 Å². The zero-order chi connectivity index (χ0) is 35.4. The standard InChI is InChI=1S/C39H71O8P/c1-3-5-7-9-11-13-15-17-19-21-23-25-27-29-31-33-38(40)45-35-37(36-46-48(42,43)44)47-39(41)34-32-30-28-26-24-22-20-18-16-14-12-10-8-6-4-2/h11,13-14,16-17,19,37H,3-10,12,15,18,20-36H2,1-2H3,(H2,42,43,44)/b13-11+,16-14+,19-17+/t37-/m1/s1. The fraction of sp³-hybridized carbons (Fsp3) is 0.795. The topological polar surface area (TPSA) is 119 Å². The van der Waals surface area contributed by atoms with Gasteiger partial charge in [0.2, 0.25) is 0 Å². The quantitative estimate of drug-likeness (QED) is 0.0290. The van der Waals surface area contributed by atoms with E-state index in [0.29, 0.717) is 12.8 Å². The summed E-state index contributed by atoms with van der Waals surface area (Å²) in [5.41, 5.74) is 0. The molecule has 48 heavy (non-hydrogen) atoms. The summed E-state index contributed by atoms with van der Waals surface area (Å²) in [6.07, 6.45) is 40.0. The van der Waals surface area contributed by atoms with E-state index in [-0.39, 0.29) is 19.4 Å². The number of carbonyl (C=O) groups excluding carboxylic acids is 2. The van der Waals surface area contributed by atoms with Gasteiger partial charge in [-0.1, -0.05) is 134 Å². The molecule has 0 rings (SSSR count). The molecule has 0 aliphatic heterocycles. The summed E-state index contributed by atoms with van der Waals surface area (Å²) in [6.45, 7) is 3.62. The molecule has 0 aromatic carbocycles. The van der Waals surface area contributed by atoms with Crippen molar-refractivity contribution in [2.75, 3.05) is 13.2 Å². The molecule has 0 fully saturated rings. The monoisotopic (exact) mass is 698 g/mol. The zero-order valence-electron chi connectivity index (χ0n) is 30.6. The molecule has 0 unspecified atom stereocenters. The Hall–Kier alpha value is -1.73. The molecule has 0 aromatic rings. The summed E-state index contributed by atoms with van der Waals surface area (Å²) in [6, 6.07) is 0. The number of phosphoric acid groups is 1. The van der Waals surface area contributed by atoms with Gasteiger partial charge in [-0.05, 0) is 70.6 Å². The van der Waals surface area contributed by atoms with Crippen molar-refractivity contribution in [3.63, 3.8) is 0 Å². The molecule has 0 radical (unpaired) electrons. The van der Waals surface area contributed by atoms with Gasteiger partial charge in [-0.25, -0.2) is 4.57 Å². The molecule has 280 valence electrons. The van der Waals surface area contributed by atoms with Crippen LogP contribution in [0.3, 0.4) is 0 Å². The molecule has 1 atom stereocenters. The van der Waals surface area contributed by atoms with Crippen molar-refractivity contribution >= 4 is 19.8 Å². The fourth-order valence-electron chi connectivity index (χ4n) is 5.22. The maximum Gasteiger partial charge on any atom is 0.469 e. The summed E-state index contributed by atoms with van der Waals surface area (Å²) >= 11 is 0. The van der Waals surface area contributed by atoms with Gasteiger partial charge in [0.1, 0.15) is 6.61 Å². The van der Waals surface area contributed by atoms with E-state index in [4.69, 9.17) is 19.3 Å². The van der Waals surface area contributed by atoms with Gasteiger partial charge < -0.3 is 19.3 Å². The zero-order valence-corrected chi connectivity index (χ0v) is 31.5. The minimum absolute atomic E-state index is 0.204. The van der Waals surface area contributed by atoms with E-state index in [1.165, 1.54) is 77.0 Å². The second-order valence-electron chi connectivity index (χ2n) is 12.9. The first kappa shape index (κ1) is 46.3. The van der Waals surface area contributed by atoms with Gasteiger partial charge in [0.25, 0.3) is 0 Å². The van der Waals surface area contributed by atoms with Crippen LogP contribution in [0.1, 0.15) is 181 Å². The number of unbranched alkanes of at least 4 members (excludes halogenated alkanes) is 19. The van der Waals surface area contributed by atoms with E-state index in [2.05, 4.69) is 54.8 Å². The smallest absolute Gasteiger partial charge is 0.462 e. The average Bonchev–Trinajstić information content (AvgIpc) is 3.05. The molecule has 0 aliphatic rings. The molecule has 0 saturated carbocycles. The van der Waals surface area contributed by atoms with Crippen LogP contribution in [0.4, 0.5) is 0 Å². The van der Waals surface area contributed by atoms with E-state index in [0.717, 1.165) is 64.2 Å². The van der Waals surface area contributed by atoms with Gasteiger partial charge in [-0.2, -0.15) is 0 Å². The lowest BCUT2D eigenvalue weighted by Gasteiger charge is -2.18. The van der Waals surface area contributed by atoms with Crippen LogP contribution in [0.5, 0.6) is 0 Å². The third-order valence-electron chi connectivity index (χ3n) is 8.13. The molecule has 0 bridgehead atoms. The predicted molar refractivity (Wildman–Crippen MR) is 198 cm³/mol. The summed E-state index contributed by atoms with van der Waals surface area (Å²) in [4.78, 5) is 42.7. The van der Waals surface area contributed by atoms with E-state index in [1.807, 2.05) is 0 Å². The first-order chi connectivity index (χ1) is 23.3. The molecule has 0 aliphatic carbocycles. The second kappa shape index (κ2) is 35.1. The molecule has 2 N–H and O–H groups in total. The van der Waals surface area contributed by atoms with Crippen LogP contribution < -0.4 is 0 Å². The number of esters is 2. The van der Waals surface area contributed by atoms with Gasteiger partial charge in [0.15, 0.2) is 6.10 Å². The number of rotatable bonds is 35. The third-order valence-corrected chi connectivity index (χ3v) is 8.62. The molecule has 0 amide bonds. The highest BCUT2D eigenvalue weighted by Crippen LogP contribution is 2.36. The fourth-order valence-corrected chi connectivity index (χ4v) is 5.58. The van der Waals surface area contributed by atoms with Gasteiger partial charge in [0, 0.05) is 12.8 Å².